The van der Waals surface area contributed by atoms with Crippen molar-refractivity contribution < 1.29 is 4.79 Å². The van der Waals surface area contributed by atoms with Crippen LogP contribution in [-0.4, -0.2) is 17.4 Å². The fourth-order valence-corrected chi connectivity index (χ4v) is 2.73. The molecule has 0 saturated heterocycles. The molecule has 102 valence electrons. The van der Waals surface area contributed by atoms with E-state index in [0.29, 0.717) is 6.54 Å². The molecular weight excluding hydrogens is 246 g/mol. The summed E-state index contributed by atoms with van der Waals surface area (Å²) in [7, 11) is 0. The van der Waals surface area contributed by atoms with Crippen LogP contribution in [0.1, 0.15) is 34.0 Å². The van der Waals surface area contributed by atoms with Crippen molar-refractivity contribution in [1.82, 2.24) is 4.90 Å². The Kier molecular flexibility index (Phi) is 3.55. The van der Waals surface area contributed by atoms with Gasteiger partial charge in [-0.05, 0) is 35.6 Å². The summed E-state index contributed by atoms with van der Waals surface area (Å²) in [6, 6.07) is 16.5. The van der Waals surface area contributed by atoms with E-state index in [-0.39, 0.29) is 5.91 Å². The fourth-order valence-electron chi connectivity index (χ4n) is 2.73. The number of carbonyl (C=O) groups excluding carboxylic acids is 1. The third-order valence-electron chi connectivity index (χ3n) is 3.99. The van der Waals surface area contributed by atoms with Crippen molar-refractivity contribution in [3.8, 4) is 0 Å². The highest BCUT2D eigenvalue weighted by Crippen LogP contribution is 2.20. The Balaban J connectivity index is 1.77. The Morgan fingerprint density at radius 2 is 1.70 bits per heavy atom. The average Bonchev–Trinajstić information content (AvgIpc) is 2.51. The normalized spacial score (nSPS) is 14.2. The van der Waals surface area contributed by atoms with Crippen LogP contribution in [0.15, 0.2) is 48.5 Å². The summed E-state index contributed by atoms with van der Waals surface area (Å²) < 4.78 is 0. The summed E-state index contributed by atoms with van der Waals surface area (Å²) in [6.45, 7) is 3.67. The highest BCUT2D eigenvalue weighted by atomic mass is 16.2. The van der Waals surface area contributed by atoms with Crippen LogP contribution in [0.3, 0.4) is 0 Å². The molecule has 1 aliphatic heterocycles. The standard InChI is InChI=1S/C18H19NO/c1-2-14-7-9-15(10-8-14)13-19-12-11-16-5-3-4-6-17(16)18(19)20/h3-10H,2,11-13H2,1H3. The van der Waals surface area contributed by atoms with Gasteiger partial charge in [-0.15, -0.1) is 0 Å². The van der Waals surface area contributed by atoms with E-state index in [2.05, 4.69) is 37.3 Å². The molecule has 0 aliphatic carbocycles. The zero-order chi connectivity index (χ0) is 13.9. The van der Waals surface area contributed by atoms with Gasteiger partial charge >= 0.3 is 0 Å². The number of benzene rings is 2. The maximum Gasteiger partial charge on any atom is 0.254 e. The molecule has 0 fully saturated rings. The number of amides is 1. The zero-order valence-electron chi connectivity index (χ0n) is 11.8. The van der Waals surface area contributed by atoms with E-state index in [4.69, 9.17) is 0 Å². The van der Waals surface area contributed by atoms with Crippen LogP contribution in [0.4, 0.5) is 0 Å². The van der Waals surface area contributed by atoms with E-state index >= 15 is 0 Å². The number of nitrogens with zero attached hydrogens (tertiary/aromatic N) is 1. The van der Waals surface area contributed by atoms with Crippen LogP contribution in [0.5, 0.6) is 0 Å². The molecule has 1 amide bonds. The predicted molar refractivity (Wildman–Crippen MR) is 80.7 cm³/mol. The van der Waals surface area contributed by atoms with Crippen molar-refractivity contribution in [3.05, 3.63) is 70.8 Å². The van der Waals surface area contributed by atoms with E-state index in [1.807, 2.05) is 23.1 Å². The molecule has 0 spiro atoms. The molecule has 20 heavy (non-hydrogen) atoms. The topological polar surface area (TPSA) is 20.3 Å². The molecule has 0 radical (unpaired) electrons. The molecule has 0 bridgehead atoms. The minimum absolute atomic E-state index is 0.159. The predicted octanol–water partition coefficient (Wildman–Crippen LogP) is 3.45. The first kappa shape index (κ1) is 12.9. The number of aryl methyl sites for hydroxylation is 1. The summed E-state index contributed by atoms with van der Waals surface area (Å²) in [5.41, 5.74) is 4.58. The first-order valence-corrected chi connectivity index (χ1v) is 7.23. The summed E-state index contributed by atoms with van der Waals surface area (Å²) >= 11 is 0. The molecule has 0 N–H and O–H groups in total. The Morgan fingerprint density at radius 1 is 1.00 bits per heavy atom. The van der Waals surface area contributed by atoms with Crippen molar-refractivity contribution in [3.63, 3.8) is 0 Å². The highest BCUT2D eigenvalue weighted by molar-refractivity contribution is 5.96. The van der Waals surface area contributed by atoms with Crippen LogP contribution < -0.4 is 0 Å². The van der Waals surface area contributed by atoms with E-state index < -0.39 is 0 Å². The lowest BCUT2D eigenvalue weighted by Gasteiger charge is -2.28. The van der Waals surface area contributed by atoms with Gasteiger partial charge in [-0.1, -0.05) is 49.4 Å². The van der Waals surface area contributed by atoms with Gasteiger partial charge in [0.15, 0.2) is 0 Å². The van der Waals surface area contributed by atoms with Crippen molar-refractivity contribution in [1.29, 1.82) is 0 Å². The smallest absolute Gasteiger partial charge is 0.254 e. The van der Waals surface area contributed by atoms with E-state index in [1.54, 1.807) is 0 Å². The van der Waals surface area contributed by atoms with Gasteiger partial charge in [-0.25, -0.2) is 0 Å². The zero-order valence-corrected chi connectivity index (χ0v) is 11.8. The first-order chi connectivity index (χ1) is 9.78. The number of carbonyl (C=O) groups is 1. The van der Waals surface area contributed by atoms with Crippen LogP contribution in [0.25, 0.3) is 0 Å². The number of fused-ring (bicyclic) bond motifs is 1. The summed E-state index contributed by atoms with van der Waals surface area (Å²) in [5.74, 6) is 0.159. The number of hydrogen-bond donors (Lipinski definition) is 0. The third-order valence-corrected chi connectivity index (χ3v) is 3.99. The summed E-state index contributed by atoms with van der Waals surface area (Å²) in [6.07, 6.45) is 2.01. The van der Waals surface area contributed by atoms with E-state index in [0.717, 1.165) is 24.9 Å². The molecule has 1 heterocycles. The van der Waals surface area contributed by atoms with Crippen LogP contribution in [0, 0.1) is 0 Å². The number of rotatable bonds is 3. The van der Waals surface area contributed by atoms with Gasteiger partial charge in [0.1, 0.15) is 0 Å². The molecule has 0 saturated carbocycles. The molecule has 2 aromatic carbocycles. The first-order valence-electron chi connectivity index (χ1n) is 7.23. The molecule has 0 atom stereocenters. The largest absolute Gasteiger partial charge is 0.334 e. The van der Waals surface area contributed by atoms with E-state index in [9.17, 15) is 4.79 Å². The lowest BCUT2D eigenvalue weighted by atomic mass is 9.98. The highest BCUT2D eigenvalue weighted by Gasteiger charge is 2.23. The quantitative estimate of drug-likeness (QED) is 0.832. The molecule has 2 heteroatoms. The molecular formula is C18H19NO. The lowest BCUT2D eigenvalue weighted by molar-refractivity contribution is 0.0727. The molecule has 2 aromatic rings. The second-order valence-electron chi connectivity index (χ2n) is 5.30. The number of hydrogen-bond acceptors (Lipinski definition) is 1. The molecule has 0 aromatic heterocycles. The Hall–Kier alpha value is -2.09. The Bertz CT molecular complexity index is 616. The van der Waals surface area contributed by atoms with Gasteiger partial charge < -0.3 is 4.90 Å². The SMILES string of the molecule is CCc1ccc(CN2CCc3ccccc3C2=O)cc1. The van der Waals surface area contributed by atoms with Gasteiger partial charge in [0.05, 0.1) is 0 Å². The van der Waals surface area contributed by atoms with Gasteiger partial charge in [-0.3, -0.25) is 4.79 Å². The molecule has 2 nitrogen and oxygen atoms in total. The summed E-state index contributed by atoms with van der Waals surface area (Å²) in [5, 5.41) is 0. The Labute approximate surface area is 120 Å². The fraction of sp³-hybridized carbons (Fsp3) is 0.278. The van der Waals surface area contributed by atoms with Crippen molar-refractivity contribution in [2.45, 2.75) is 26.3 Å². The molecule has 0 unspecified atom stereocenters. The van der Waals surface area contributed by atoms with Gasteiger partial charge in [-0.2, -0.15) is 0 Å². The van der Waals surface area contributed by atoms with Gasteiger partial charge in [0, 0.05) is 18.7 Å². The Morgan fingerprint density at radius 3 is 2.45 bits per heavy atom. The van der Waals surface area contributed by atoms with Crippen LogP contribution in [-0.2, 0) is 19.4 Å². The third kappa shape index (κ3) is 2.46. The lowest BCUT2D eigenvalue weighted by Crippen LogP contribution is -2.36. The second-order valence-corrected chi connectivity index (χ2v) is 5.30. The minimum atomic E-state index is 0.159. The summed E-state index contributed by atoms with van der Waals surface area (Å²) in [4.78, 5) is 14.4. The van der Waals surface area contributed by atoms with Crippen molar-refractivity contribution in [2.24, 2.45) is 0 Å². The monoisotopic (exact) mass is 265 g/mol. The van der Waals surface area contributed by atoms with Crippen molar-refractivity contribution in [2.75, 3.05) is 6.54 Å². The maximum atomic E-state index is 12.5. The van der Waals surface area contributed by atoms with Crippen LogP contribution >= 0.6 is 0 Å². The molecule has 3 rings (SSSR count). The molecule has 1 aliphatic rings. The van der Waals surface area contributed by atoms with Crippen LogP contribution in [0.2, 0.25) is 0 Å². The minimum Gasteiger partial charge on any atom is -0.334 e. The second kappa shape index (κ2) is 5.49. The maximum absolute atomic E-state index is 12.5. The van der Waals surface area contributed by atoms with Crippen molar-refractivity contribution >= 4 is 5.91 Å². The average molecular weight is 265 g/mol. The van der Waals surface area contributed by atoms with E-state index in [1.165, 1.54) is 16.7 Å². The van der Waals surface area contributed by atoms with Gasteiger partial charge in [0.2, 0.25) is 0 Å². The van der Waals surface area contributed by atoms with Gasteiger partial charge in [0.25, 0.3) is 5.91 Å².